The number of hydrogen-bond donors (Lipinski definition) is 0. The molecular formula is C40H25N3. The van der Waals surface area contributed by atoms with Crippen molar-refractivity contribution in [2.45, 2.75) is 0 Å². The molecule has 0 aliphatic carbocycles. The van der Waals surface area contributed by atoms with Gasteiger partial charge in [0, 0.05) is 11.3 Å². The van der Waals surface area contributed by atoms with Crippen LogP contribution in [0.25, 0.3) is 71.9 Å². The lowest BCUT2D eigenvalue weighted by Crippen LogP contribution is -1.99. The van der Waals surface area contributed by atoms with Gasteiger partial charge in [0.15, 0.2) is 0 Å². The molecule has 8 rings (SSSR count). The molecule has 0 N–H and O–H groups in total. The van der Waals surface area contributed by atoms with E-state index in [2.05, 4.69) is 132 Å². The Balaban J connectivity index is 1.42. The molecule has 0 saturated heterocycles. The summed E-state index contributed by atoms with van der Waals surface area (Å²) in [5.41, 5.74) is 9.20. The Morgan fingerprint density at radius 2 is 1.21 bits per heavy atom. The van der Waals surface area contributed by atoms with Crippen molar-refractivity contribution < 1.29 is 0 Å². The van der Waals surface area contributed by atoms with Gasteiger partial charge in [-0.3, -0.25) is 4.57 Å². The predicted octanol–water partition coefficient (Wildman–Crippen LogP) is 10.2. The zero-order chi connectivity index (χ0) is 28.8. The standard InChI is InChI=1S/C40H25N3/c41-26-27-10-8-14-31(22-27)34-17-9-13-28-20-21-32(25-35(28)34)36-23-29-11-4-5-12-30(29)24-37(36)40-42-38-18-6-7-19-39(38)43(40)33-15-2-1-3-16-33/h1-25H. The number of fused-ring (bicyclic) bond motifs is 3. The smallest absolute Gasteiger partial charge is 0.146 e. The van der Waals surface area contributed by atoms with Gasteiger partial charge >= 0.3 is 0 Å². The molecule has 1 aromatic heterocycles. The van der Waals surface area contributed by atoms with Crippen molar-refractivity contribution in [3.8, 4) is 45.4 Å². The van der Waals surface area contributed by atoms with Crippen molar-refractivity contribution in [3.63, 3.8) is 0 Å². The highest BCUT2D eigenvalue weighted by Gasteiger charge is 2.19. The number of para-hydroxylation sites is 3. The van der Waals surface area contributed by atoms with Crippen LogP contribution in [0.2, 0.25) is 0 Å². The molecule has 0 atom stereocenters. The average molecular weight is 548 g/mol. The Hall–Kier alpha value is -5.98. The fourth-order valence-corrected chi connectivity index (χ4v) is 6.16. The molecule has 1 heterocycles. The Bertz CT molecular complexity index is 2360. The van der Waals surface area contributed by atoms with E-state index >= 15 is 0 Å². The van der Waals surface area contributed by atoms with Gasteiger partial charge in [0.25, 0.3) is 0 Å². The van der Waals surface area contributed by atoms with Crippen molar-refractivity contribution in [2.24, 2.45) is 0 Å². The van der Waals surface area contributed by atoms with Gasteiger partial charge in [0.05, 0.1) is 22.7 Å². The maximum absolute atomic E-state index is 9.54. The third kappa shape index (κ3) is 4.25. The third-order valence-corrected chi connectivity index (χ3v) is 8.20. The molecule has 3 heteroatoms. The second kappa shape index (κ2) is 10.1. The lowest BCUT2D eigenvalue weighted by atomic mass is 9.91. The number of imidazole rings is 1. The quantitative estimate of drug-likeness (QED) is 0.220. The summed E-state index contributed by atoms with van der Waals surface area (Å²) in [6.07, 6.45) is 0. The monoisotopic (exact) mass is 547 g/mol. The molecular weight excluding hydrogens is 522 g/mol. The molecule has 0 saturated carbocycles. The van der Waals surface area contributed by atoms with Gasteiger partial charge in [-0.1, -0.05) is 97.1 Å². The molecule has 8 aromatic rings. The summed E-state index contributed by atoms with van der Waals surface area (Å²) in [5.74, 6) is 0.906. The van der Waals surface area contributed by atoms with Crippen LogP contribution in [-0.4, -0.2) is 9.55 Å². The fourth-order valence-electron chi connectivity index (χ4n) is 6.16. The lowest BCUT2D eigenvalue weighted by Gasteiger charge is -2.16. The van der Waals surface area contributed by atoms with Crippen LogP contribution in [-0.2, 0) is 0 Å². The maximum Gasteiger partial charge on any atom is 0.146 e. The summed E-state index contributed by atoms with van der Waals surface area (Å²) in [6, 6.07) is 55.0. The van der Waals surface area contributed by atoms with Gasteiger partial charge in [-0.05, 0) is 98.4 Å². The lowest BCUT2D eigenvalue weighted by molar-refractivity contribution is 1.10. The molecule has 0 unspecified atom stereocenters. The summed E-state index contributed by atoms with van der Waals surface area (Å²) < 4.78 is 2.27. The minimum Gasteiger partial charge on any atom is -0.292 e. The first kappa shape index (κ1) is 24.8. The van der Waals surface area contributed by atoms with Crippen molar-refractivity contribution >= 4 is 32.6 Å². The van der Waals surface area contributed by atoms with Crippen LogP contribution in [0.4, 0.5) is 0 Å². The molecule has 0 bridgehead atoms. The second-order valence-electron chi connectivity index (χ2n) is 10.8. The normalized spacial score (nSPS) is 11.2. The largest absolute Gasteiger partial charge is 0.292 e. The van der Waals surface area contributed by atoms with Gasteiger partial charge < -0.3 is 0 Å². The van der Waals surface area contributed by atoms with E-state index in [-0.39, 0.29) is 0 Å². The average Bonchev–Trinajstić information content (AvgIpc) is 3.47. The number of rotatable bonds is 4. The Labute approximate surface area is 249 Å². The van der Waals surface area contributed by atoms with E-state index in [9.17, 15) is 5.26 Å². The van der Waals surface area contributed by atoms with Crippen LogP contribution < -0.4 is 0 Å². The highest BCUT2D eigenvalue weighted by Crippen LogP contribution is 2.40. The van der Waals surface area contributed by atoms with Crippen LogP contribution in [0.3, 0.4) is 0 Å². The molecule has 200 valence electrons. The van der Waals surface area contributed by atoms with Crippen molar-refractivity contribution in [1.29, 1.82) is 5.26 Å². The van der Waals surface area contributed by atoms with E-state index in [1.54, 1.807) is 0 Å². The number of nitriles is 1. The van der Waals surface area contributed by atoms with E-state index < -0.39 is 0 Å². The van der Waals surface area contributed by atoms with E-state index in [0.29, 0.717) is 5.56 Å². The number of nitrogens with zero attached hydrogens (tertiary/aromatic N) is 3. The first-order chi connectivity index (χ1) is 21.3. The van der Waals surface area contributed by atoms with Gasteiger partial charge in [-0.2, -0.15) is 5.26 Å². The fraction of sp³-hybridized carbons (Fsp3) is 0. The molecule has 0 radical (unpaired) electrons. The van der Waals surface area contributed by atoms with Crippen molar-refractivity contribution in [3.05, 3.63) is 157 Å². The van der Waals surface area contributed by atoms with E-state index in [0.717, 1.165) is 61.1 Å². The molecule has 7 aromatic carbocycles. The number of benzene rings is 7. The Kier molecular flexibility index (Phi) is 5.84. The molecule has 3 nitrogen and oxygen atoms in total. The van der Waals surface area contributed by atoms with Crippen molar-refractivity contribution in [1.82, 2.24) is 9.55 Å². The van der Waals surface area contributed by atoms with E-state index in [1.807, 2.05) is 30.3 Å². The van der Waals surface area contributed by atoms with Crippen LogP contribution >= 0.6 is 0 Å². The van der Waals surface area contributed by atoms with Crippen LogP contribution in [0, 0.1) is 11.3 Å². The summed E-state index contributed by atoms with van der Waals surface area (Å²) >= 11 is 0. The zero-order valence-electron chi connectivity index (χ0n) is 23.3. The predicted molar refractivity (Wildman–Crippen MR) is 177 cm³/mol. The highest BCUT2D eigenvalue weighted by molar-refractivity contribution is 6.02. The minimum absolute atomic E-state index is 0.655. The SMILES string of the molecule is N#Cc1cccc(-c2cccc3ccc(-c4cc5ccccc5cc4-c4nc5ccccc5n4-c4ccccc4)cc23)c1. The molecule has 0 aliphatic heterocycles. The van der Waals surface area contributed by atoms with Crippen LogP contribution in [0.5, 0.6) is 0 Å². The molecule has 43 heavy (non-hydrogen) atoms. The summed E-state index contributed by atoms with van der Waals surface area (Å²) in [7, 11) is 0. The van der Waals surface area contributed by atoms with Gasteiger partial charge in [0.1, 0.15) is 5.82 Å². The first-order valence-corrected chi connectivity index (χ1v) is 14.4. The Morgan fingerprint density at radius 1 is 0.512 bits per heavy atom. The molecule has 0 spiro atoms. The highest BCUT2D eigenvalue weighted by atomic mass is 15.1. The molecule has 0 amide bonds. The van der Waals surface area contributed by atoms with Crippen molar-refractivity contribution in [2.75, 3.05) is 0 Å². The van der Waals surface area contributed by atoms with E-state index in [1.165, 1.54) is 10.8 Å². The minimum atomic E-state index is 0.655. The van der Waals surface area contributed by atoms with Crippen LogP contribution in [0.1, 0.15) is 5.56 Å². The Morgan fingerprint density at radius 3 is 2.05 bits per heavy atom. The summed E-state index contributed by atoms with van der Waals surface area (Å²) in [6.45, 7) is 0. The first-order valence-electron chi connectivity index (χ1n) is 14.4. The zero-order valence-corrected chi connectivity index (χ0v) is 23.3. The summed E-state index contributed by atoms with van der Waals surface area (Å²) in [5, 5.41) is 14.2. The van der Waals surface area contributed by atoms with E-state index in [4.69, 9.17) is 4.98 Å². The van der Waals surface area contributed by atoms with Gasteiger partial charge in [0.2, 0.25) is 0 Å². The van der Waals surface area contributed by atoms with Crippen LogP contribution in [0.15, 0.2) is 152 Å². The maximum atomic E-state index is 9.54. The second-order valence-corrected chi connectivity index (χ2v) is 10.8. The molecule has 0 fully saturated rings. The number of aromatic nitrogens is 2. The molecule has 0 aliphatic rings. The third-order valence-electron chi connectivity index (χ3n) is 8.20. The summed E-state index contributed by atoms with van der Waals surface area (Å²) in [4.78, 5) is 5.23. The number of hydrogen-bond acceptors (Lipinski definition) is 2. The topological polar surface area (TPSA) is 41.6 Å². The van der Waals surface area contributed by atoms with Gasteiger partial charge in [-0.15, -0.1) is 0 Å². The van der Waals surface area contributed by atoms with Gasteiger partial charge in [-0.25, -0.2) is 4.98 Å².